The second-order valence-corrected chi connectivity index (χ2v) is 6.41. The zero-order valence-electron chi connectivity index (χ0n) is 13.4. The van der Waals surface area contributed by atoms with Crippen molar-refractivity contribution in [1.82, 2.24) is 5.32 Å². The highest BCUT2D eigenvalue weighted by atomic mass is 19.3. The molecule has 1 aliphatic heterocycles. The number of hydrogen-bond donors (Lipinski definition) is 2. The molecule has 2 fully saturated rings. The topological polar surface area (TPSA) is 73.6 Å². The van der Waals surface area contributed by atoms with Crippen LogP contribution in [0.3, 0.4) is 0 Å². The van der Waals surface area contributed by atoms with Gasteiger partial charge in [-0.2, -0.15) is 0 Å². The molecule has 3 rings (SSSR count). The van der Waals surface area contributed by atoms with E-state index in [0.29, 0.717) is 25.2 Å². The molecule has 2 aliphatic rings. The summed E-state index contributed by atoms with van der Waals surface area (Å²) in [7, 11) is 0. The largest absolute Gasteiger partial charge is 0.366 e. The molecule has 1 spiro atoms. The number of nitrogens with two attached hydrogens (primary N) is 1. The number of hydrogen-bond acceptors (Lipinski definition) is 4. The first-order chi connectivity index (χ1) is 11.4. The second kappa shape index (κ2) is 6.74. The molecular formula is C17H22F2N2O3. The van der Waals surface area contributed by atoms with Gasteiger partial charge in [0.25, 0.3) is 5.92 Å². The van der Waals surface area contributed by atoms with Crippen LogP contribution in [-0.2, 0) is 16.0 Å². The third-order valence-electron chi connectivity index (χ3n) is 4.74. The number of halogens is 2. The maximum absolute atomic E-state index is 14.4. The molecule has 1 heterocycles. The SMILES string of the molecule is NC(=O)c1cccc(CNC2CCC3(CCC2(F)F)OCCO3)c1. The van der Waals surface area contributed by atoms with Crippen molar-refractivity contribution < 1.29 is 23.0 Å². The van der Waals surface area contributed by atoms with E-state index in [9.17, 15) is 13.6 Å². The fourth-order valence-electron chi connectivity index (χ4n) is 3.34. The van der Waals surface area contributed by atoms with E-state index >= 15 is 0 Å². The summed E-state index contributed by atoms with van der Waals surface area (Å²) in [6, 6.07) is 5.73. The summed E-state index contributed by atoms with van der Waals surface area (Å²) in [5.41, 5.74) is 6.36. The first kappa shape index (κ1) is 17.3. The number of alkyl halides is 2. The molecule has 5 nitrogen and oxygen atoms in total. The lowest BCUT2D eigenvalue weighted by Gasteiger charge is -2.25. The van der Waals surface area contributed by atoms with Crippen LogP contribution in [0.4, 0.5) is 8.78 Å². The fourth-order valence-corrected chi connectivity index (χ4v) is 3.34. The highest BCUT2D eigenvalue weighted by Gasteiger charge is 2.48. The maximum Gasteiger partial charge on any atom is 0.263 e. The highest BCUT2D eigenvalue weighted by molar-refractivity contribution is 5.92. The van der Waals surface area contributed by atoms with E-state index in [4.69, 9.17) is 15.2 Å². The van der Waals surface area contributed by atoms with Crippen molar-refractivity contribution >= 4 is 5.91 Å². The molecule has 3 N–H and O–H groups in total. The Morgan fingerprint density at radius 1 is 1.25 bits per heavy atom. The van der Waals surface area contributed by atoms with Gasteiger partial charge in [0.2, 0.25) is 5.91 Å². The van der Waals surface area contributed by atoms with Gasteiger partial charge in [0.1, 0.15) is 0 Å². The van der Waals surface area contributed by atoms with Crippen LogP contribution in [0.1, 0.15) is 41.6 Å². The molecule has 1 amide bonds. The van der Waals surface area contributed by atoms with Crippen molar-refractivity contribution in [3.63, 3.8) is 0 Å². The second-order valence-electron chi connectivity index (χ2n) is 6.41. The Morgan fingerprint density at radius 3 is 2.71 bits per heavy atom. The van der Waals surface area contributed by atoms with Crippen molar-refractivity contribution in [2.24, 2.45) is 5.73 Å². The first-order valence-electron chi connectivity index (χ1n) is 8.18. The standard InChI is InChI=1S/C17H22F2N2O3/c18-17(19)7-6-16(23-8-9-24-16)5-4-14(17)21-11-12-2-1-3-13(10-12)15(20)22/h1-3,10,14,21H,4-9,11H2,(H2,20,22). The zero-order chi connectivity index (χ0) is 17.2. The fraction of sp³-hybridized carbons (Fsp3) is 0.588. The summed E-state index contributed by atoms with van der Waals surface area (Å²) in [6.07, 6.45) is 0.644. The van der Waals surface area contributed by atoms with Crippen LogP contribution >= 0.6 is 0 Å². The van der Waals surface area contributed by atoms with E-state index in [-0.39, 0.29) is 25.8 Å². The summed E-state index contributed by atoms with van der Waals surface area (Å²) >= 11 is 0. The van der Waals surface area contributed by atoms with Gasteiger partial charge in [-0.3, -0.25) is 4.79 Å². The lowest BCUT2D eigenvalue weighted by atomic mass is 10.0. The van der Waals surface area contributed by atoms with Crippen LogP contribution in [0.2, 0.25) is 0 Å². The van der Waals surface area contributed by atoms with Crippen LogP contribution in [0.15, 0.2) is 24.3 Å². The molecule has 0 bridgehead atoms. The molecule has 0 aromatic heterocycles. The van der Waals surface area contributed by atoms with Gasteiger partial charge >= 0.3 is 0 Å². The van der Waals surface area contributed by atoms with Gasteiger partial charge in [-0.05, 0) is 24.1 Å². The minimum atomic E-state index is -2.83. The quantitative estimate of drug-likeness (QED) is 0.881. The van der Waals surface area contributed by atoms with Gasteiger partial charge < -0.3 is 20.5 Å². The van der Waals surface area contributed by atoms with Crippen molar-refractivity contribution in [2.45, 2.75) is 50.0 Å². The van der Waals surface area contributed by atoms with Crippen molar-refractivity contribution in [1.29, 1.82) is 0 Å². The average molecular weight is 340 g/mol. The first-order valence-corrected chi connectivity index (χ1v) is 8.18. The smallest absolute Gasteiger partial charge is 0.263 e. The summed E-state index contributed by atoms with van der Waals surface area (Å²) in [5.74, 6) is -4.21. The van der Waals surface area contributed by atoms with Crippen molar-refractivity contribution in [3.8, 4) is 0 Å². The van der Waals surface area contributed by atoms with Gasteiger partial charge in [0.05, 0.1) is 19.3 Å². The average Bonchev–Trinajstić information content (AvgIpc) is 2.97. The monoisotopic (exact) mass is 340 g/mol. The van der Waals surface area contributed by atoms with E-state index in [0.717, 1.165) is 5.56 Å². The molecule has 1 saturated carbocycles. The Kier molecular flexibility index (Phi) is 4.85. The normalized spacial score (nSPS) is 25.5. The summed E-state index contributed by atoms with van der Waals surface area (Å²) in [6.45, 7) is 1.17. The minimum Gasteiger partial charge on any atom is -0.366 e. The number of primary amides is 1. The molecular weight excluding hydrogens is 318 g/mol. The Labute approximate surface area is 139 Å². The van der Waals surface area contributed by atoms with Crippen LogP contribution in [-0.4, -0.2) is 36.9 Å². The van der Waals surface area contributed by atoms with Gasteiger partial charge in [-0.1, -0.05) is 12.1 Å². The number of ether oxygens (including phenoxy) is 2. The van der Waals surface area contributed by atoms with Crippen molar-refractivity contribution in [3.05, 3.63) is 35.4 Å². The molecule has 132 valence electrons. The summed E-state index contributed by atoms with van der Waals surface area (Å²) in [5, 5.41) is 2.93. The number of nitrogens with one attached hydrogen (secondary N) is 1. The Hall–Kier alpha value is -1.57. The van der Waals surface area contributed by atoms with Crippen LogP contribution in [0.25, 0.3) is 0 Å². The van der Waals surface area contributed by atoms with E-state index in [1.807, 2.05) is 0 Å². The molecule has 1 atom stereocenters. The molecule has 24 heavy (non-hydrogen) atoms. The van der Waals surface area contributed by atoms with E-state index < -0.39 is 23.7 Å². The lowest BCUT2D eigenvalue weighted by molar-refractivity contribution is -0.168. The van der Waals surface area contributed by atoms with E-state index in [1.165, 1.54) is 0 Å². The molecule has 1 aromatic rings. The van der Waals surface area contributed by atoms with Crippen LogP contribution < -0.4 is 11.1 Å². The van der Waals surface area contributed by atoms with Crippen molar-refractivity contribution in [2.75, 3.05) is 13.2 Å². The summed E-state index contributed by atoms with van der Waals surface area (Å²) < 4.78 is 40.0. The molecule has 1 aromatic carbocycles. The number of carbonyl (C=O) groups excluding carboxylic acids is 1. The predicted molar refractivity (Wildman–Crippen MR) is 83.6 cm³/mol. The maximum atomic E-state index is 14.4. The molecule has 1 saturated heterocycles. The predicted octanol–water partition coefficient (Wildman–Crippen LogP) is 2.20. The number of benzene rings is 1. The highest BCUT2D eigenvalue weighted by Crippen LogP contribution is 2.40. The third-order valence-corrected chi connectivity index (χ3v) is 4.74. The Bertz CT molecular complexity index is 603. The van der Waals surface area contributed by atoms with Gasteiger partial charge in [-0.25, -0.2) is 8.78 Å². The van der Waals surface area contributed by atoms with Crippen LogP contribution in [0, 0.1) is 0 Å². The summed E-state index contributed by atoms with van der Waals surface area (Å²) in [4.78, 5) is 11.2. The van der Waals surface area contributed by atoms with Crippen LogP contribution in [0.5, 0.6) is 0 Å². The molecule has 0 radical (unpaired) electrons. The van der Waals surface area contributed by atoms with E-state index in [1.54, 1.807) is 24.3 Å². The molecule has 1 unspecified atom stereocenters. The Balaban J connectivity index is 1.65. The Morgan fingerprint density at radius 2 is 2.00 bits per heavy atom. The van der Waals surface area contributed by atoms with Gasteiger partial charge in [0.15, 0.2) is 5.79 Å². The minimum absolute atomic E-state index is 0.204. The zero-order valence-corrected chi connectivity index (χ0v) is 13.4. The number of carbonyl (C=O) groups is 1. The third kappa shape index (κ3) is 3.74. The van der Waals surface area contributed by atoms with Gasteiger partial charge in [-0.15, -0.1) is 0 Å². The number of rotatable bonds is 4. The number of amides is 1. The van der Waals surface area contributed by atoms with E-state index in [2.05, 4.69) is 5.32 Å². The molecule has 1 aliphatic carbocycles. The van der Waals surface area contributed by atoms with Gasteiger partial charge in [0, 0.05) is 31.4 Å². The molecule has 7 heteroatoms. The lowest BCUT2D eigenvalue weighted by Crippen LogP contribution is -2.43.